The standard InChI is InChI=1S/C15H17Cl2N3O/c16-12-7-14(18)15(8-13(12)17)21-9-10-5-6-20(19-10)11-3-1-2-4-11/h5-8,11H,1-4,9,18H2. The van der Waals surface area contributed by atoms with Crippen molar-refractivity contribution in [2.75, 3.05) is 5.73 Å². The van der Waals surface area contributed by atoms with Gasteiger partial charge in [-0.1, -0.05) is 36.0 Å². The number of hydrogen-bond acceptors (Lipinski definition) is 3. The van der Waals surface area contributed by atoms with Crippen LogP contribution in [0.2, 0.25) is 10.0 Å². The van der Waals surface area contributed by atoms with Crippen LogP contribution in [0.3, 0.4) is 0 Å². The molecular weight excluding hydrogens is 309 g/mol. The minimum atomic E-state index is 0.363. The normalized spacial score (nSPS) is 15.5. The van der Waals surface area contributed by atoms with Crippen LogP contribution in [0.15, 0.2) is 24.4 Å². The molecule has 21 heavy (non-hydrogen) atoms. The number of ether oxygens (including phenoxy) is 1. The monoisotopic (exact) mass is 325 g/mol. The number of halogens is 2. The molecular formula is C15H17Cl2N3O. The maximum atomic E-state index is 5.97. The Morgan fingerprint density at radius 2 is 1.95 bits per heavy atom. The van der Waals surface area contributed by atoms with Crippen molar-refractivity contribution in [2.24, 2.45) is 0 Å². The van der Waals surface area contributed by atoms with Gasteiger partial charge in [-0.15, -0.1) is 0 Å². The molecule has 1 aliphatic rings. The Morgan fingerprint density at radius 1 is 1.24 bits per heavy atom. The fraction of sp³-hybridized carbons (Fsp3) is 0.400. The number of nitrogens with two attached hydrogens (primary N) is 1. The predicted molar refractivity (Wildman–Crippen MR) is 84.9 cm³/mol. The number of aromatic nitrogens is 2. The summed E-state index contributed by atoms with van der Waals surface area (Å²) in [7, 11) is 0. The van der Waals surface area contributed by atoms with Crippen molar-refractivity contribution in [3.8, 4) is 5.75 Å². The highest BCUT2D eigenvalue weighted by Gasteiger charge is 2.17. The van der Waals surface area contributed by atoms with Gasteiger partial charge in [0.05, 0.1) is 27.5 Å². The van der Waals surface area contributed by atoms with E-state index in [0.29, 0.717) is 34.1 Å². The van der Waals surface area contributed by atoms with Gasteiger partial charge >= 0.3 is 0 Å². The molecule has 0 radical (unpaired) electrons. The maximum Gasteiger partial charge on any atom is 0.144 e. The van der Waals surface area contributed by atoms with Crippen LogP contribution >= 0.6 is 23.2 Å². The smallest absolute Gasteiger partial charge is 0.144 e. The van der Waals surface area contributed by atoms with E-state index in [0.717, 1.165) is 5.69 Å². The zero-order chi connectivity index (χ0) is 14.8. The molecule has 1 aromatic heterocycles. The summed E-state index contributed by atoms with van der Waals surface area (Å²) in [6, 6.07) is 5.74. The van der Waals surface area contributed by atoms with E-state index in [1.807, 2.05) is 16.9 Å². The van der Waals surface area contributed by atoms with E-state index < -0.39 is 0 Å². The zero-order valence-electron chi connectivity index (χ0n) is 11.6. The Balaban J connectivity index is 1.66. The third kappa shape index (κ3) is 3.27. The molecule has 0 atom stereocenters. The van der Waals surface area contributed by atoms with Crippen molar-refractivity contribution < 1.29 is 4.74 Å². The lowest BCUT2D eigenvalue weighted by Gasteiger charge is -2.10. The zero-order valence-corrected chi connectivity index (χ0v) is 13.1. The topological polar surface area (TPSA) is 53.1 Å². The molecule has 1 heterocycles. The summed E-state index contributed by atoms with van der Waals surface area (Å²) in [6.07, 6.45) is 7.02. The van der Waals surface area contributed by atoms with Crippen LogP contribution in [0.4, 0.5) is 5.69 Å². The first kappa shape index (κ1) is 14.5. The lowest BCUT2D eigenvalue weighted by atomic mass is 10.3. The van der Waals surface area contributed by atoms with Crippen LogP contribution in [-0.4, -0.2) is 9.78 Å². The van der Waals surface area contributed by atoms with Gasteiger partial charge in [-0.05, 0) is 25.0 Å². The molecule has 4 nitrogen and oxygen atoms in total. The highest BCUT2D eigenvalue weighted by Crippen LogP contribution is 2.33. The first-order chi connectivity index (χ1) is 10.1. The molecule has 0 unspecified atom stereocenters. The third-order valence-electron chi connectivity index (χ3n) is 3.79. The fourth-order valence-electron chi connectivity index (χ4n) is 2.65. The van der Waals surface area contributed by atoms with Crippen LogP contribution in [0.5, 0.6) is 5.75 Å². The number of rotatable bonds is 4. The number of nitrogens with zero attached hydrogens (tertiary/aromatic N) is 2. The molecule has 2 aromatic rings. The van der Waals surface area contributed by atoms with E-state index in [1.165, 1.54) is 25.7 Å². The van der Waals surface area contributed by atoms with Crippen molar-refractivity contribution in [2.45, 2.75) is 38.3 Å². The molecule has 1 saturated carbocycles. The molecule has 0 aliphatic heterocycles. The molecule has 112 valence electrons. The summed E-state index contributed by atoms with van der Waals surface area (Å²) in [5.41, 5.74) is 7.22. The Labute approximate surface area is 133 Å². The first-order valence-corrected chi connectivity index (χ1v) is 7.80. The van der Waals surface area contributed by atoms with E-state index in [4.69, 9.17) is 33.7 Å². The number of anilines is 1. The largest absolute Gasteiger partial charge is 0.485 e. The summed E-state index contributed by atoms with van der Waals surface area (Å²) in [5, 5.41) is 5.42. The predicted octanol–water partition coefficient (Wildman–Crippen LogP) is 4.47. The average Bonchev–Trinajstić information content (AvgIpc) is 3.11. The number of benzene rings is 1. The molecule has 3 rings (SSSR count). The van der Waals surface area contributed by atoms with Crippen LogP contribution in [-0.2, 0) is 6.61 Å². The van der Waals surface area contributed by atoms with Gasteiger partial charge in [-0.25, -0.2) is 0 Å². The van der Waals surface area contributed by atoms with Gasteiger partial charge in [-0.3, -0.25) is 4.68 Å². The van der Waals surface area contributed by atoms with Crippen molar-refractivity contribution >= 4 is 28.9 Å². The molecule has 2 N–H and O–H groups in total. The second-order valence-corrected chi connectivity index (χ2v) is 6.13. The lowest BCUT2D eigenvalue weighted by molar-refractivity contribution is 0.299. The van der Waals surface area contributed by atoms with Crippen molar-refractivity contribution in [3.63, 3.8) is 0 Å². The molecule has 0 spiro atoms. The molecule has 0 saturated heterocycles. The minimum absolute atomic E-state index is 0.363. The van der Waals surface area contributed by atoms with Gasteiger partial charge in [0.1, 0.15) is 12.4 Å². The third-order valence-corrected chi connectivity index (χ3v) is 4.51. The maximum absolute atomic E-state index is 5.97. The summed E-state index contributed by atoms with van der Waals surface area (Å²) in [5.74, 6) is 0.528. The van der Waals surface area contributed by atoms with Gasteiger partial charge < -0.3 is 10.5 Å². The Kier molecular flexibility index (Phi) is 4.27. The van der Waals surface area contributed by atoms with Crippen LogP contribution in [0.25, 0.3) is 0 Å². The fourth-order valence-corrected chi connectivity index (χ4v) is 2.97. The van der Waals surface area contributed by atoms with Gasteiger partial charge in [0.2, 0.25) is 0 Å². The summed E-state index contributed by atoms with van der Waals surface area (Å²) in [4.78, 5) is 0. The van der Waals surface area contributed by atoms with E-state index in [9.17, 15) is 0 Å². The van der Waals surface area contributed by atoms with E-state index >= 15 is 0 Å². The number of hydrogen-bond donors (Lipinski definition) is 1. The molecule has 1 aliphatic carbocycles. The van der Waals surface area contributed by atoms with Crippen LogP contribution in [0, 0.1) is 0 Å². The van der Waals surface area contributed by atoms with Crippen molar-refractivity contribution in [1.82, 2.24) is 9.78 Å². The average molecular weight is 326 g/mol. The molecule has 1 fully saturated rings. The summed E-state index contributed by atoms with van der Waals surface area (Å²) >= 11 is 11.9. The van der Waals surface area contributed by atoms with Crippen LogP contribution < -0.4 is 10.5 Å². The molecule has 0 amide bonds. The summed E-state index contributed by atoms with van der Waals surface area (Å²) in [6.45, 7) is 0.363. The Morgan fingerprint density at radius 3 is 2.71 bits per heavy atom. The Bertz CT molecular complexity index is 636. The highest BCUT2D eigenvalue weighted by molar-refractivity contribution is 6.42. The van der Waals surface area contributed by atoms with Gasteiger partial charge in [0.15, 0.2) is 0 Å². The van der Waals surface area contributed by atoms with Gasteiger partial charge in [0.25, 0.3) is 0 Å². The first-order valence-electron chi connectivity index (χ1n) is 7.05. The Hall–Kier alpha value is -1.39. The van der Waals surface area contributed by atoms with Crippen molar-refractivity contribution in [1.29, 1.82) is 0 Å². The lowest BCUT2D eigenvalue weighted by Crippen LogP contribution is -2.06. The van der Waals surface area contributed by atoms with E-state index in [1.54, 1.807) is 12.1 Å². The van der Waals surface area contributed by atoms with E-state index in [-0.39, 0.29) is 0 Å². The van der Waals surface area contributed by atoms with Gasteiger partial charge in [0, 0.05) is 12.3 Å². The highest BCUT2D eigenvalue weighted by atomic mass is 35.5. The SMILES string of the molecule is Nc1cc(Cl)c(Cl)cc1OCc1ccn(C2CCCC2)n1. The van der Waals surface area contributed by atoms with Crippen LogP contribution in [0.1, 0.15) is 37.4 Å². The number of nitrogen functional groups attached to an aromatic ring is 1. The molecule has 1 aromatic carbocycles. The quantitative estimate of drug-likeness (QED) is 0.844. The second-order valence-electron chi connectivity index (χ2n) is 5.32. The second kappa shape index (κ2) is 6.16. The van der Waals surface area contributed by atoms with E-state index in [2.05, 4.69) is 5.10 Å². The molecule has 0 bridgehead atoms. The van der Waals surface area contributed by atoms with Crippen molar-refractivity contribution in [3.05, 3.63) is 40.1 Å². The molecule has 6 heteroatoms. The minimum Gasteiger partial charge on any atom is -0.485 e. The summed E-state index contributed by atoms with van der Waals surface area (Å²) < 4.78 is 7.74. The van der Waals surface area contributed by atoms with Gasteiger partial charge in [-0.2, -0.15) is 5.10 Å².